The Hall–Kier alpha value is -1.62. The van der Waals surface area contributed by atoms with Crippen molar-refractivity contribution in [3.05, 3.63) is 24.0 Å². The molecule has 2 unspecified atom stereocenters. The molecule has 0 bridgehead atoms. The minimum atomic E-state index is 0.544. The van der Waals surface area contributed by atoms with E-state index in [1.807, 2.05) is 10.6 Å². The summed E-state index contributed by atoms with van der Waals surface area (Å²) in [6.07, 6.45) is 5.39. The number of hydrogen-bond donors (Lipinski definition) is 1. The molecule has 2 aromatic heterocycles. The van der Waals surface area contributed by atoms with E-state index in [1.54, 1.807) is 6.33 Å². The van der Waals surface area contributed by atoms with Gasteiger partial charge in [0, 0.05) is 12.1 Å². The Balaban J connectivity index is 1.93. The van der Waals surface area contributed by atoms with Gasteiger partial charge in [-0.3, -0.25) is 0 Å². The zero-order chi connectivity index (χ0) is 13.4. The van der Waals surface area contributed by atoms with Crippen molar-refractivity contribution >= 4 is 11.5 Å². The monoisotopic (exact) mass is 259 g/mol. The average molecular weight is 259 g/mol. The van der Waals surface area contributed by atoms with Crippen molar-refractivity contribution in [1.29, 1.82) is 0 Å². The van der Waals surface area contributed by atoms with E-state index < -0.39 is 0 Å². The summed E-state index contributed by atoms with van der Waals surface area (Å²) >= 11 is 0. The maximum atomic E-state index is 4.29. The van der Waals surface area contributed by atoms with Crippen LogP contribution in [0.5, 0.6) is 0 Å². The molecule has 0 aromatic carbocycles. The largest absolute Gasteiger partial charge is 0.302 e. The van der Waals surface area contributed by atoms with Crippen LogP contribution in [0.1, 0.15) is 38.7 Å². The Bertz CT molecular complexity index is 566. The van der Waals surface area contributed by atoms with E-state index in [0.29, 0.717) is 12.1 Å². The molecule has 0 amide bonds. The van der Waals surface area contributed by atoms with Gasteiger partial charge in [-0.2, -0.15) is 9.61 Å². The lowest BCUT2D eigenvalue weighted by Crippen LogP contribution is -2.47. The molecule has 0 aliphatic carbocycles. The maximum Gasteiger partial charge on any atom is 0.157 e. The fraction of sp³-hybridized carbons (Fsp3) is 0.571. The van der Waals surface area contributed by atoms with Crippen LogP contribution in [0.4, 0.5) is 5.82 Å². The average Bonchev–Trinajstić information content (AvgIpc) is 2.81. The molecular formula is C14H21N5. The highest BCUT2D eigenvalue weighted by molar-refractivity contribution is 5.51. The number of hydrogen-bond acceptors (Lipinski definition) is 4. The van der Waals surface area contributed by atoms with Crippen molar-refractivity contribution in [2.24, 2.45) is 0 Å². The van der Waals surface area contributed by atoms with Crippen LogP contribution < -0.4 is 5.43 Å². The van der Waals surface area contributed by atoms with Crippen molar-refractivity contribution in [2.75, 3.05) is 5.43 Å². The quantitative estimate of drug-likeness (QED) is 0.900. The number of rotatable bonds is 2. The van der Waals surface area contributed by atoms with Gasteiger partial charge in [-0.25, -0.2) is 9.99 Å². The fourth-order valence-electron chi connectivity index (χ4n) is 2.91. The molecule has 1 fully saturated rings. The highest BCUT2D eigenvalue weighted by atomic mass is 15.6. The van der Waals surface area contributed by atoms with Crippen molar-refractivity contribution in [3.8, 4) is 0 Å². The van der Waals surface area contributed by atoms with Gasteiger partial charge in [0.1, 0.15) is 12.1 Å². The predicted octanol–water partition coefficient (Wildman–Crippen LogP) is 2.63. The van der Waals surface area contributed by atoms with Gasteiger partial charge in [-0.1, -0.05) is 6.42 Å². The third kappa shape index (κ3) is 2.30. The first-order valence-corrected chi connectivity index (χ1v) is 7.00. The summed E-state index contributed by atoms with van der Waals surface area (Å²) in [6.45, 7) is 6.64. The number of hydrazine groups is 1. The minimum Gasteiger partial charge on any atom is -0.302 e. The smallest absolute Gasteiger partial charge is 0.157 e. The van der Waals surface area contributed by atoms with Crippen LogP contribution in [0.3, 0.4) is 0 Å². The molecule has 5 heteroatoms. The number of nitrogens with one attached hydrogen (secondary N) is 1. The summed E-state index contributed by atoms with van der Waals surface area (Å²) in [5.74, 6) is 0.994. The normalized spacial score (nSPS) is 24.8. The van der Waals surface area contributed by atoms with Crippen molar-refractivity contribution < 1.29 is 0 Å². The Labute approximate surface area is 113 Å². The molecule has 1 aliphatic rings. The van der Waals surface area contributed by atoms with E-state index in [4.69, 9.17) is 0 Å². The Morgan fingerprint density at radius 1 is 1.21 bits per heavy atom. The van der Waals surface area contributed by atoms with Gasteiger partial charge in [0.15, 0.2) is 5.65 Å². The van der Waals surface area contributed by atoms with Gasteiger partial charge in [-0.05, 0) is 51.3 Å². The predicted molar refractivity (Wildman–Crippen MR) is 76.0 cm³/mol. The van der Waals surface area contributed by atoms with Crippen LogP contribution in [-0.4, -0.2) is 31.7 Å². The standard InChI is InChI=1S/C14H21N5/c1-10-7-13-15-9-16-19(13)14(8-10)17-18-11(2)5-4-6-12(18)3/h7-9,11-12,17H,4-6H2,1-3H3. The number of anilines is 1. The third-order valence-corrected chi connectivity index (χ3v) is 3.96. The molecule has 1 N–H and O–H groups in total. The summed E-state index contributed by atoms with van der Waals surface area (Å²) in [7, 11) is 0. The van der Waals surface area contributed by atoms with Gasteiger partial charge in [-0.15, -0.1) is 0 Å². The molecule has 0 spiro atoms. The van der Waals surface area contributed by atoms with E-state index in [9.17, 15) is 0 Å². The van der Waals surface area contributed by atoms with E-state index in [1.165, 1.54) is 24.8 Å². The second-order valence-electron chi connectivity index (χ2n) is 5.60. The number of aryl methyl sites for hydroxylation is 1. The van der Waals surface area contributed by atoms with E-state index in [0.717, 1.165) is 11.5 Å². The fourth-order valence-corrected chi connectivity index (χ4v) is 2.91. The number of fused-ring (bicyclic) bond motifs is 1. The molecule has 2 aromatic rings. The lowest BCUT2D eigenvalue weighted by Gasteiger charge is -2.39. The minimum absolute atomic E-state index is 0.544. The first kappa shape index (κ1) is 12.4. The molecule has 0 radical (unpaired) electrons. The lowest BCUT2D eigenvalue weighted by molar-refractivity contribution is 0.134. The number of pyridine rings is 1. The maximum absolute atomic E-state index is 4.29. The molecule has 0 saturated carbocycles. The topological polar surface area (TPSA) is 45.5 Å². The summed E-state index contributed by atoms with van der Waals surface area (Å²) in [6, 6.07) is 5.25. The molecule has 102 valence electrons. The first-order chi connectivity index (χ1) is 9.15. The van der Waals surface area contributed by atoms with Crippen LogP contribution in [0.15, 0.2) is 18.5 Å². The third-order valence-electron chi connectivity index (χ3n) is 3.96. The summed E-state index contributed by atoms with van der Waals surface area (Å²) in [4.78, 5) is 4.26. The molecule has 3 heterocycles. The second kappa shape index (κ2) is 4.81. The molecule has 3 rings (SSSR count). The molecule has 2 atom stereocenters. The number of piperidine rings is 1. The van der Waals surface area contributed by atoms with E-state index >= 15 is 0 Å². The molecule has 1 aliphatic heterocycles. The van der Waals surface area contributed by atoms with Gasteiger partial charge in [0.05, 0.1) is 0 Å². The van der Waals surface area contributed by atoms with Crippen LogP contribution in [0.25, 0.3) is 5.65 Å². The molecule has 19 heavy (non-hydrogen) atoms. The van der Waals surface area contributed by atoms with Crippen molar-refractivity contribution in [2.45, 2.75) is 52.1 Å². The summed E-state index contributed by atoms with van der Waals surface area (Å²) in [5.41, 5.74) is 5.63. The Kier molecular flexibility index (Phi) is 3.14. The van der Waals surface area contributed by atoms with Gasteiger partial charge < -0.3 is 5.43 Å². The molecular weight excluding hydrogens is 238 g/mol. The van der Waals surface area contributed by atoms with Crippen LogP contribution in [-0.2, 0) is 0 Å². The zero-order valence-electron chi connectivity index (χ0n) is 11.8. The number of nitrogens with zero attached hydrogens (tertiary/aromatic N) is 4. The second-order valence-corrected chi connectivity index (χ2v) is 5.60. The van der Waals surface area contributed by atoms with Gasteiger partial charge in [0.2, 0.25) is 0 Å². The number of aromatic nitrogens is 3. The Morgan fingerprint density at radius 3 is 2.68 bits per heavy atom. The van der Waals surface area contributed by atoms with Gasteiger partial charge in [0.25, 0.3) is 0 Å². The first-order valence-electron chi connectivity index (χ1n) is 7.00. The van der Waals surface area contributed by atoms with Gasteiger partial charge >= 0.3 is 0 Å². The summed E-state index contributed by atoms with van der Waals surface area (Å²) < 4.78 is 1.86. The highest BCUT2D eigenvalue weighted by Crippen LogP contribution is 2.24. The van der Waals surface area contributed by atoms with Crippen molar-refractivity contribution in [3.63, 3.8) is 0 Å². The Morgan fingerprint density at radius 2 is 1.95 bits per heavy atom. The SMILES string of the molecule is Cc1cc(NN2C(C)CCCC2C)n2ncnc2c1. The summed E-state index contributed by atoms with van der Waals surface area (Å²) in [5, 5.41) is 6.64. The van der Waals surface area contributed by atoms with Crippen LogP contribution >= 0.6 is 0 Å². The molecule has 5 nitrogen and oxygen atoms in total. The van der Waals surface area contributed by atoms with E-state index in [2.05, 4.69) is 47.4 Å². The van der Waals surface area contributed by atoms with Crippen LogP contribution in [0.2, 0.25) is 0 Å². The highest BCUT2D eigenvalue weighted by Gasteiger charge is 2.25. The van der Waals surface area contributed by atoms with Crippen molar-refractivity contribution in [1.82, 2.24) is 19.6 Å². The van der Waals surface area contributed by atoms with E-state index in [-0.39, 0.29) is 0 Å². The zero-order valence-corrected chi connectivity index (χ0v) is 11.8. The molecule has 1 saturated heterocycles. The lowest BCUT2D eigenvalue weighted by atomic mass is 10.00. The van der Waals surface area contributed by atoms with Crippen LogP contribution in [0, 0.1) is 6.92 Å².